The first kappa shape index (κ1) is 11.7. The molecule has 0 fully saturated rings. The van der Waals surface area contributed by atoms with Gasteiger partial charge in [0.05, 0.1) is 5.69 Å². The second kappa shape index (κ2) is 5.08. The van der Waals surface area contributed by atoms with E-state index in [9.17, 15) is 0 Å². The Morgan fingerprint density at radius 3 is 2.37 bits per heavy atom. The first-order valence-corrected chi connectivity index (χ1v) is 6.27. The van der Waals surface area contributed by atoms with Gasteiger partial charge in [-0.05, 0) is 23.3 Å². The molecule has 0 atom stereocenters. The Balaban J connectivity index is 2.21. The van der Waals surface area contributed by atoms with Crippen molar-refractivity contribution in [2.24, 2.45) is 5.73 Å². The van der Waals surface area contributed by atoms with E-state index in [1.54, 1.807) is 6.20 Å². The van der Waals surface area contributed by atoms with E-state index < -0.39 is 0 Å². The molecule has 94 valence electrons. The molecule has 0 aliphatic rings. The van der Waals surface area contributed by atoms with Crippen molar-refractivity contribution in [3.05, 3.63) is 72.6 Å². The number of para-hydroxylation sites is 1. The van der Waals surface area contributed by atoms with Gasteiger partial charge in [0.15, 0.2) is 0 Å². The summed E-state index contributed by atoms with van der Waals surface area (Å²) in [7, 11) is 0. The minimum Gasteiger partial charge on any atom is -0.326 e. The van der Waals surface area contributed by atoms with Crippen molar-refractivity contribution < 1.29 is 0 Å². The molecule has 0 bridgehead atoms. The minimum atomic E-state index is 0.531. The van der Waals surface area contributed by atoms with Gasteiger partial charge in [-0.3, -0.25) is 0 Å². The Morgan fingerprint density at radius 2 is 1.63 bits per heavy atom. The van der Waals surface area contributed by atoms with Crippen LogP contribution in [0.3, 0.4) is 0 Å². The third-order valence-electron chi connectivity index (χ3n) is 3.18. The number of rotatable bonds is 3. The van der Waals surface area contributed by atoms with E-state index >= 15 is 0 Å². The summed E-state index contributed by atoms with van der Waals surface area (Å²) in [5, 5.41) is 4.31. The Morgan fingerprint density at radius 1 is 0.895 bits per heavy atom. The summed E-state index contributed by atoms with van der Waals surface area (Å²) in [6, 6.07) is 18.4. The van der Waals surface area contributed by atoms with Crippen molar-refractivity contribution in [3.63, 3.8) is 0 Å². The van der Waals surface area contributed by atoms with Gasteiger partial charge < -0.3 is 5.73 Å². The standard InChI is InChI=1S/C16H15N3/c17-12-13-6-1-2-7-14(13)15-8-3-4-9-16(15)19-11-5-10-18-19/h1-11H,12,17H2. The second-order valence-corrected chi connectivity index (χ2v) is 4.33. The van der Waals surface area contributed by atoms with Crippen LogP contribution < -0.4 is 5.73 Å². The zero-order valence-electron chi connectivity index (χ0n) is 10.5. The van der Waals surface area contributed by atoms with Gasteiger partial charge in [0.1, 0.15) is 0 Å². The molecule has 2 N–H and O–H groups in total. The lowest BCUT2D eigenvalue weighted by Crippen LogP contribution is -2.02. The van der Waals surface area contributed by atoms with E-state index in [-0.39, 0.29) is 0 Å². The van der Waals surface area contributed by atoms with Crippen LogP contribution in [0, 0.1) is 0 Å². The second-order valence-electron chi connectivity index (χ2n) is 4.33. The first-order valence-electron chi connectivity index (χ1n) is 6.27. The lowest BCUT2D eigenvalue weighted by Gasteiger charge is -2.12. The van der Waals surface area contributed by atoms with Gasteiger partial charge in [-0.15, -0.1) is 0 Å². The summed E-state index contributed by atoms with van der Waals surface area (Å²) in [5.41, 5.74) is 10.3. The smallest absolute Gasteiger partial charge is 0.0723 e. The van der Waals surface area contributed by atoms with E-state index in [1.165, 1.54) is 0 Å². The predicted octanol–water partition coefficient (Wildman–Crippen LogP) is 3.00. The van der Waals surface area contributed by atoms with Crippen LogP contribution in [0.5, 0.6) is 0 Å². The maximum atomic E-state index is 5.83. The molecular formula is C16H15N3. The van der Waals surface area contributed by atoms with E-state index in [4.69, 9.17) is 5.73 Å². The van der Waals surface area contributed by atoms with Crippen LogP contribution in [-0.2, 0) is 6.54 Å². The number of benzene rings is 2. The van der Waals surface area contributed by atoms with Crippen LogP contribution in [0.4, 0.5) is 0 Å². The van der Waals surface area contributed by atoms with Gasteiger partial charge in [0, 0.05) is 24.5 Å². The van der Waals surface area contributed by atoms with Crippen molar-refractivity contribution >= 4 is 0 Å². The molecule has 0 radical (unpaired) electrons. The highest BCUT2D eigenvalue weighted by atomic mass is 15.3. The average molecular weight is 249 g/mol. The molecule has 0 saturated heterocycles. The number of nitrogens with two attached hydrogens (primary N) is 1. The lowest BCUT2D eigenvalue weighted by molar-refractivity contribution is 0.882. The molecular weight excluding hydrogens is 234 g/mol. The molecule has 0 aliphatic heterocycles. The molecule has 1 heterocycles. The van der Waals surface area contributed by atoms with Gasteiger partial charge in [-0.25, -0.2) is 4.68 Å². The number of hydrogen-bond acceptors (Lipinski definition) is 2. The Bertz CT molecular complexity index is 672. The number of nitrogens with zero attached hydrogens (tertiary/aromatic N) is 2. The lowest BCUT2D eigenvalue weighted by atomic mass is 9.98. The van der Waals surface area contributed by atoms with E-state index in [0.717, 1.165) is 22.4 Å². The highest BCUT2D eigenvalue weighted by Gasteiger charge is 2.09. The maximum absolute atomic E-state index is 5.83. The largest absolute Gasteiger partial charge is 0.326 e. The summed E-state index contributed by atoms with van der Waals surface area (Å²) < 4.78 is 1.88. The minimum absolute atomic E-state index is 0.531. The van der Waals surface area contributed by atoms with Gasteiger partial charge in [0.2, 0.25) is 0 Å². The zero-order valence-corrected chi connectivity index (χ0v) is 10.5. The highest BCUT2D eigenvalue weighted by Crippen LogP contribution is 2.28. The Labute approximate surface area is 112 Å². The molecule has 3 aromatic rings. The zero-order chi connectivity index (χ0) is 13.1. The Kier molecular flexibility index (Phi) is 3.12. The molecule has 3 nitrogen and oxygen atoms in total. The van der Waals surface area contributed by atoms with Crippen LogP contribution in [0.25, 0.3) is 16.8 Å². The monoisotopic (exact) mass is 249 g/mol. The molecule has 0 saturated carbocycles. The molecule has 0 spiro atoms. The van der Waals surface area contributed by atoms with Crippen LogP contribution in [-0.4, -0.2) is 9.78 Å². The van der Waals surface area contributed by atoms with E-state index in [0.29, 0.717) is 6.54 Å². The van der Waals surface area contributed by atoms with E-state index in [2.05, 4.69) is 29.4 Å². The third kappa shape index (κ3) is 2.16. The first-order chi connectivity index (χ1) is 9.40. The molecule has 3 heteroatoms. The Hall–Kier alpha value is -2.39. The molecule has 0 amide bonds. The highest BCUT2D eigenvalue weighted by molar-refractivity contribution is 5.75. The fourth-order valence-corrected chi connectivity index (χ4v) is 2.27. The molecule has 19 heavy (non-hydrogen) atoms. The fraction of sp³-hybridized carbons (Fsp3) is 0.0625. The van der Waals surface area contributed by atoms with Crippen molar-refractivity contribution in [2.75, 3.05) is 0 Å². The van der Waals surface area contributed by atoms with Crippen LogP contribution in [0.2, 0.25) is 0 Å². The SMILES string of the molecule is NCc1ccccc1-c1ccccc1-n1cccn1. The average Bonchev–Trinajstić information content (AvgIpc) is 3.01. The van der Waals surface area contributed by atoms with Gasteiger partial charge in [-0.2, -0.15) is 5.10 Å². The molecule has 1 aromatic heterocycles. The normalized spacial score (nSPS) is 10.6. The molecule has 0 aliphatic carbocycles. The maximum Gasteiger partial charge on any atom is 0.0723 e. The van der Waals surface area contributed by atoms with Gasteiger partial charge in [0.25, 0.3) is 0 Å². The number of aromatic nitrogens is 2. The van der Waals surface area contributed by atoms with Crippen molar-refractivity contribution in [1.29, 1.82) is 0 Å². The molecule has 3 rings (SSSR count). The fourth-order valence-electron chi connectivity index (χ4n) is 2.27. The summed E-state index contributed by atoms with van der Waals surface area (Å²) >= 11 is 0. The molecule has 2 aromatic carbocycles. The number of hydrogen-bond donors (Lipinski definition) is 1. The summed E-state index contributed by atoms with van der Waals surface area (Å²) in [5.74, 6) is 0. The van der Waals surface area contributed by atoms with Crippen LogP contribution in [0.15, 0.2) is 67.0 Å². The van der Waals surface area contributed by atoms with Crippen molar-refractivity contribution in [2.45, 2.75) is 6.54 Å². The summed E-state index contributed by atoms with van der Waals surface area (Å²) in [6.45, 7) is 0.531. The van der Waals surface area contributed by atoms with Crippen molar-refractivity contribution in [3.8, 4) is 16.8 Å². The van der Waals surface area contributed by atoms with Crippen LogP contribution in [0.1, 0.15) is 5.56 Å². The van der Waals surface area contributed by atoms with E-state index in [1.807, 2.05) is 41.2 Å². The van der Waals surface area contributed by atoms with Gasteiger partial charge >= 0.3 is 0 Å². The van der Waals surface area contributed by atoms with Crippen molar-refractivity contribution in [1.82, 2.24) is 9.78 Å². The van der Waals surface area contributed by atoms with Crippen LogP contribution >= 0.6 is 0 Å². The topological polar surface area (TPSA) is 43.8 Å². The van der Waals surface area contributed by atoms with Gasteiger partial charge in [-0.1, -0.05) is 42.5 Å². The predicted molar refractivity (Wildman–Crippen MR) is 76.9 cm³/mol. The summed E-state index contributed by atoms with van der Waals surface area (Å²) in [6.07, 6.45) is 3.73. The summed E-state index contributed by atoms with van der Waals surface area (Å²) in [4.78, 5) is 0. The third-order valence-corrected chi connectivity index (χ3v) is 3.18. The quantitative estimate of drug-likeness (QED) is 0.775. The molecule has 0 unspecified atom stereocenters.